The maximum Gasteiger partial charge on any atom is 0.167 e. The summed E-state index contributed by atoms with van der Waals surface area (Å²) in [5.74, 6) is 0.410. The van der Waals surface area contributed by atoms with Gasteiger partial charge in [0.2, 0.25) is 0 Å². The van der Waals surface area contributed by atoms with Gasteiger partial charge in [-0.15, -0.1) is 0 Å². The highest BCUT2D eigenvalue weighted by molar-refractivity contribution is 5.79. The Hall–Kier alpha value is -2.10. The van der Waals surface area contributed by atoms with Crippen LogP contribution in [-0.4, -0.2) is 14.7 Å². The standard InChI is InChI=1S/C14H15N3O/c1-10(2)14(17-8-7-15-9-17)13-11-5-3-4-6-12(11)18-16-13/h3-10,14H,1-2H3. The van der Waals surface area contributed by atoms with Gasteiger partial charge in [-0.1, -0.05) is 31.1 Å². The number of hydrogen-bond donors (Lipinski definition) is 0. The Bertz CT molecular complexity index is 640. The molecule has 1 atom stereocenters. The lowest BCUT2D eigenvalue weighted by atomic mass is 9.98. The number of benzene rings is 1. The van der Waals surface area contributed by atoms with Crippen molar-refractivity contribution in [1.82, 2.24) is 14.7 Å². The fraction of sp³-hybridized carbons (Fsp3) is 0.286. The van der Waals surface area contributed by atoms with E-state index in [0.717, 1.165) is 16.7 Å². The number of hydrogen-bond acceptors (Lipinski definition) is 3. The highest BCUT2D eigenvalue weighted by Gasteiger charge is 2.23. The second-order valence-corrected chi connectivity index (χ2v) is 4.76. The third kappa shape index (κ3) is 1.70. The molecule has 0 bridgehead atoms. The highest BCUT2D eigenvalue weighted by atomic mass is 16.5. The Labute approximate surface area is 105 Å². The Balaban J connectivity index is 2.16. The first-order chi connectivity index (χ1) is 8.77. The number of fused-ring (bicyclic) bond motifs is 1. The van der Waals surface area contributed by atoms with Crippen molar-refractivity contribution in [3.05, 3.63) is 48.7 Å². The third-order valence-electron chi connectivity index (χ3n) is 3.16. The van der Waals surface area contributed by atoms with E-state index in [1.54, 1.807) is 6.20 Å². The van der Waals surface area contributed by atoms with Crippen LogP contribution in [0.15, 0.2) is 47.5 Å². The third-order valence-corrected chi connectivity index (χ3v) is 3.16. The van der Waals surface area contributed by atoms with Gasteiger partial charge in [-0.25, -0.2) is 4.98 Å². The normalized spacial score (nSPS) is 13.3. The second kappa shape index (κ2) is 4.29. The Morgan fingerprint density at radius 3 is 2.78 bits per heavy atom. The van der Waals surface area contributed by atoms with E-state index in [2.05, 4.69) is 28.6 Å². The largest absolute Gasteiger partial charge is 0.356 e. The quantitative estimate of drug-likeness (QED) is 0.706. The van der Waals surface area contributed by atoms with Crippen molar-refractivity contribution in [2.75, 3.05) is 0 Å². The molecule has 2 heterocycles. The lowest BCUT2D eigenvalue weighted by molar-refractivity contribution is 0.384. The molecule has 1 aromatic carbocycles. The van der Waals surface area contributed by atoms with Gasteiger partial charge in [0.05, 0.1) is 12.4 Å². The van der Waals surface area contributed by atoms with Crippen LogP contribution in [0.25, 0.3) is 11.0 Å². The van der Waals surface area contributed by atoms with E-state index < -0.39 is 0 Å². The van der Waals surface area contributed by atoms with Gasteiger partial charge in [0.1, 0.15) is 5.69 Å². The van der Waals surface area contributed by atoms with Crippen molar-refractivity contribution in [2.24, 2.45) is 5.92 Å². The van der Waals surface area contributed by atoms with Crippen LogP contribution in [0.3, 0.4) is 0 Å². The summed E-state index contributed by atoms with van der Waals surface area (Å²) < 4.78 is 7.47. The first-order valence-corrected chi connectivity index (χ1v) is 6.09. The second-order valence-electron chi connectivity index (χ2n) is 4.76. The molecular formula is C14H15N3O. The molecule has 0 aliphatic heterocycles. The monoisotopic (exact) mass is 241 g/mol. The number of nitrogens with zero attached hydrogens (tertiary/aromatic N) is 3. The molecule has 0 N–H and O–H groups in total. The van der Waals surface area contributed by atoms with Crippen LogP contribution in [0.2, 0.25) is 0 Å². The van der Waals surface area contributed by atoms with Gasteiger partial charge in [-0.2, -0.15) is 0 Å². The number of imidazole rings is 1. The molecule has 4 nitrogen and oxygen atoms in total. The van der Waals surface area contributed by atoms with E-state index in [-0.39, 0.29) is 6.04 Å². The summed E-state index contributed by atoms with van der Waals surface area (Å²) in [6.45, 7) is 4.35. The smallest absolute Gasteiger partial charge is 0.167 e. The van der Waals surface area contributed by atoms with E-state index in [9.17, 15) is 0 Å². The molecule has 2 aromatic heterocycles. The van der Waals surface area contributed by atoms with Gasteiger partial charge in [0, 0.05) is 17.8 Å². The van der Waals surface area contributed by atoms with Gasteiger partial charge in [0.15, 0.2) is 5.58 Å². The van der Waals surface area contributed by atoms with Crippen LogP contribution in [0, 0.1) is 5.92 Å². The molecule has 0 saturated heterocycles. The molecule has 1 unspecified atom stereocenters. The minimum absolute atomic E-state index is 0.149. The van der Waals surface area contributed by atoms with Crippen LogP contribution in [0.5, 0.6) is 0 Å². The summed E-state index contributed by atoms with van der Waals surface area (Å²) in [4.78, 5) is 4.12. The van der Waals surface area contributed by atoms with E-state index in [1.807, 2.05) is 36.8 Å². The first kappa shape index (κ1) is 11.0. The van der Waals surface area contributed by atoms with Crippen molar-refractivity contribution in [2.45, 2.75) is 19.9 Å². The van der Waals surface area contributed by atoms with E-state index >= 15 is 0 Å². The van der Waals surface area contributed by atoms with Crippen molar-refractivity contribution in [3.63, 3.8) is 0 Å². The fourth-order valence-corrected chi connectivity index (χ4v) is 2.35. The summed E-state index contributed by atoms with van der Waals surface area (Å²) in [5, 5.41) is 5.32. The molecular weight excluding hydrogens is 226 g/mol. The molecule has 0 spiro atoms. The number of para-hydroxylation sites is 1. The van der Waals surface area contributed by atoms with E-state index in [4.69, 9.17) is 4.52 Å². The van der Waals surface area contributed by atoms with Crippen molar-refractivity contribution in [1.29, 1.82) is 0 Å². The summed E-state index contributed by atoms with van der Waals surface area (Å²) in [5.41, 5.74) is 1.80. The molecule has 0 aliphatic rings. The van der Waals surface area contributed by atoms with Gasteiger partial charge in [0.25, 0.3) is 0 Å². The molecule has 0 saturated carbocycles. The van der Waals surface area contributed by atoms with Gasteiger partial charge in [-0.3, -0.25) is 0 Å². The van der Waals surface area contributed by atoms with Gasteiger partial charge >= 0.3 is 0 Å². The Morgan fingerprint density at radius 2 is 2.06 bits per heavy atom. The highest BCUT2D eigenvalue weighted by Crippen LogP contribution is 2.31. The zero-order valence-corrected chi connectivity index (χ0v) is 10.4. The SMILES string of the molecule is CC(C)C(c1noc2ccccc12)n1ccnc1. The van der Waals surface area contributed by atoms with Crippen LogP contribution in [0.4, 0.5) is 0 Å². The molecule has 92 valence electrons. The van der Waals surface area contributed by atoms with Crippen molar-refractivity contribution < 1.29 is 4.52 Å². The van der Waals surface area contributed by atoms with Crippen molar-refractivity contribution in [3.8, 4) is 0 Å². The van der Waals surface area contributed by atoms with Gasteiger partial charge < -0.3 is 9.09 Å². The summed E-state index contributed by atoms with van der Waals surface area (Å²) in [7, 11) is 0. The minimum atomic E-state index is 0.149. The predicted molar refractivity (Wildman–Crippen MR) is 69.2 cm³/mol. The van der Waals surface area contributed by atoms with E-state index in [0.29, 0.717) is 5.92 Å². The summed E-state index contributed by atoms with van der Waals surface area (Å²) in [6, 6.07) is 8.11. The average Bonchev–Trinajstić information content (AvgIpc) is 3.00. The zero-order valence-electron chi connectivity index (χ0n) is 10.4. The van der Waals surface area contributed by atoms with Crippen LogP contribution in [-0.2, 0) is 0 Å². The predicted octanol–water partition coefficient (Wildman–Crippen LogP) is 3.27. The summed E-state index contributed by atoms with van der Waals surface area (Å²) in [6.07, 6.45) is 5.58. The minimum Gasteiger partial charge on any atom is -0.356 e. The first-order valence-electron chi connectivity index (χ1n) is 6.09. The fourth-order valence-electron chi connectivity index (χ4n) is 2.35. The van der Waals surface area contributed by atoms with Crippen molar-refractivity contribution >= 4 is 11.0 Å². The molecule has 0 aliphatic carbocycles. The average molecular weight is 241 g/mol. The molecule has 4 heteroatoms. The summed E-state index contributed by atoms with van der Waals surface area (Å²) >= 11 is 0. The van der Waals surface area contributed by atoms with Crippen LogP contribution in [0.1, 0.15) is 25.6 Å². The lowest BCUT2D eigenvalue weighted by Gasteiger charge is -2.20. The zero-order chi connectivity index (χ0) is 12.5. The molecule has 0 fully saturated rings. The van der Waals surface area contributed by atoms with Gasteiger partial charge in [-0.05, 0) is 18.1 Å². The van der Waals surface area contributed by atoms with Crippen LogP contribution >= 0.6 is 0 Å². The molecule has 0 amide bonds. The molecule has 0 radical (unpaired) electrons. The topological polar surface area (TPSA) is 43.9 Å². The molecule has 18 heavy (non-hydrogen) atoms. The number of aromatic nitrogens is 3. The Kier molecular flexibility index (Phi) is 2.63. The lowest BCUT2D eigenvalue weighted by Crippen LogP contribution is -2.15. The Morgan fingerprint density at radius 1 is 1.22 bits per heavy atom. The molecule has 3 aromatic rings. The van der Waals surface area contributed by atoms with Crippen LogP contribution < -0.4 is 0 Å². The maximum absolute atomic E-state index is 5.39. The molecule has 3 rings (SSSR count). The number of rotatable bonds is 3. The maximum atomic E-state index is 5.39. The van der Waals surface area contributed by atoms with E-state index in [1.165, 1.54) is 0 Å².